The van der Waals surface area contributed by atoms with Crippen molar-refractivity contribution in [1.82, 2.24) is 4.90 Å². The predicted molar refractivity (Wildman–Crippen MR) is 91.2 cm³/mol. The Kier molecular flexibility index (Phi) is 5.41. The molecule has 0 radical (unpaired) electrons. The smallest absolute Gasteiger partial charge is 0.222 e. The van der Waals surface area contributed by atoms with E-state index in [1.807, 2.05) is 12.1 Å². The van der Waals surface area contributed by atoms with Gasteiger partial charge in [0.05, 0.1) is 0 Å². The summed E-state index contributed by atoms with van der Waals surface area (Å²) in [6.45, 7) is 1.83. The summed E-state index contributed by atoms with van der Waals surface area (Å²) in [5, 5.41) is 0.795. The average Bonchev–Trinajstić information content (AvgIpc) is 2.57. The molecule has 0 bridgehead atoms. The fourth-order valence-corrected chi connectivity index (χ4v) is 4.09. The average molecular weight is 320 g/mol. The second-order valence-electron chi connectivity index (χ2n) is 6.91. The first-order valence-electron chi connectivity index (χ1n) is 8.75. The van der Waals surface area contributed by atoms with E-state index >= 15 is 0 Å². The SMILES string of the molecule is O=C(CC1CCCCC1)N1CCC(c2ccc(Cl)cc2)CC1. The molecule has 2 fully saturated rings. The highest BCUT2D eigenvalue weighted by molar-refractivity contribution is 6.30. The van der Waals surface area contributed by atoms with Crippen LogP contribution in [-0.2, 0) is 4.79 Å². The molecule has 0 spiro atoms. The van der Waals surface area contributed by atoms with Crippen molar-refractivity contribution >= 4 is 17.5 Å². The van der Waals surface area contributed by atoms with Crippen LogP contribution < -0.4 is 0 Å². The lowest BCUT2D eigenvalue weighted by atomic mass is 9.86. The Hall–Kier alpha value is -1.02. The summed E-state index contributed by atoms with van der Waals surface area (Å²) in [5.74, 6) is 1.62. The predicted octanol–water partition coefficient (Wildman–Crippen LogP) is 5.02. The van der Waals surface area contributed by atoms with Crippen molar-refractivity contribution in [2.45, 2.75) is 57.3 Å². The number of carbonyl (C=O) groups excluding carboxylic acids is 1. The number of hydrogen-bond donors (Lipinski definition) is 0. The van der Waals surface area contributed by atoms with Crippen LogP contribution in [0.3, 0.4) is 0 Å². The van der Waals surface area contributed by atoms with Crippen LogP contribution in [0.4, 0.5) is 0 Å². The highest BCUT2D eigenvalue weighted by Crippen LogP contribution is 2.31. The van der Waals surface area contributed by atoms with Gasteiger partial charge < -0.3 is 4.90 Å². The Balaban J connectivity index is 1.48. The molecule has 1 saturated carbocycles. The van der Waals surface area contributed by atoms with Crippen molar-refractivity contribution in [3.63, 3.8) is 0 Å². The minimum Gasteiger partial charge on any atom is -0.343 e. The number of rotatable bonds is 3. The van der Waals surface area contributed by atoms with Crippen molar-refractivity contribution in [3.05, 3.63) is 34.9 Å². The third kappa shape index (κ3) is 4.04. The number of nitrogens with zero attached hydrogens (tertiary/aromatic N) is 1. The van der Waals surface area contributed by atoms with Gasteiger partial charge in [-0.1, -0.05) is 43.0 Å². The lowest BCUT2D eigenvalue weighted by Gasteiger charge is -2.33. The first-order valence-corrected chi connectivity index (χ1v) is 9.13. The van der Waals surface area contributed by atoms with Gasteiger partial charge in [-0.2, -0.15) is 0 Å². The van der Waals surface area contributed by atoms with Gasteiger partial charge in [-0.15, -0.1) is 0 Å². The first kappa shape index (κ1) is 15.9. The van der Waals surface area contributed by atoms with E-state index in [0.717, 1.165) is 37.4 Å². The Morgan fingerprint density at radius 1 is 1.00 bits per heavy atom. The minimum absolute atomic E-state index is 0.390. The second kappa shape index (κ2) is 7.50. The molecular formula is C19H26ClNO. The van der Waals surface area contributed by atoms with E-state index in [1.54, 1.807) is 0 Å². The molecule has 1 aliphatic carbocycles. The van der Waals surface area contributed by atoms with Gasteiger partial charge in [-0.05, 0) is 55.2 Å². The fraction of sp³-hybridized carbons (Fsp3) is 0.632. The Morgan fingerprint density at radius 2 is 1.64 bits per heavy atom. The van der Waals surface area contributed by atoms with Crippen LogP contribution >= 0.6 is 11.6 Å². The summed E-state index contributed by atoms with van der Waals surface area (Å²) < 4.78 is 0. The van der Waals surface area contributed by atoms with Crippen LogP contribution in [0.15, 0.2) is 24.3 Å². The maximum absolute atomic E-state index is 12.5. The maximum atomic E-state index is 12.5. The summed E-state index contributed by atoms with van der Waals surface area (Å²) >= 11 is 5.96. The van der Waals surface area contributed by atoms with Crippen LogP contribution in [0.2, 0.25) is 5.02 Å². The molecule has 1 aliphatic heterocycles. The van der Waals surface area contributed by atoms with Crippen LogP contribution in [-0.4, -0.2) is 23.9 Å². The standard InChI is InChI=1S/C19H26ClNO/c20-18-8-6-16(7-9-18)17-10-12-21(13-11-17)19(22)14-15-4-2-1-3-5-15/h6-9,15,17H,1-5,10-14H2. The summed E-state index contributed by atoms with van der Waals surface area (Å²) in [5.41, 5.74) is 1.36. The zero-order chi connectivity index (χ0) is 15.4. The Bertz CT molecular complexity index is 485. The number of likely N-dealkylation sites (tertiary alicyclic amines) is 1. The van der Waals surface area contributed by atoms with Gasteiger partial charge in [0.2, 0.25) is 5.91 Å². The minimum atomic E-state index is 0.390. The van der Waals surface area contributed by atoms with Gasteiger partial charge in [-0.3, -0.25) is 4.79 Å². The molecule has 0 N–H and O–H groups in total. The van der Waals surface area contributed by atoms with Crippen molar-refractivity contribution in [2.75, 3.05) is 13.1 Å². The molecule has 22 heavy (non-hydrogen) atoms. The highest BCUT2D eigenvalue weighted by Gasteiger charge is 2.26. The number of amides is 1. The molecule has 2 nitrogen and oxygen atoms in total. The molecule has 1 aromatic rings. The van der Waals surface area contributed by atoms with Crippen LogP contribution in [0.25, 0.3) is 0 Å². The molecule has 3 rings (SSSR count). The van der Waals surface area contributed by atoms with Gasteiger partial charge in [0.15, 0.2) is 0 Å². The van der Waals surface area contributed by atoms with E-state index < -0.39 is 0 Å². The maximum Gasteiger partial charge on any atom is 0.222 e. The van der Waals surface area contributed by atoms with Gasteiger partial charge in [-0.25, -0.2) is 0 Å². The lowest BCUT2D eigenvalue weighted by molar-refractivity contribution is -0.133. The molecule has 1 aromatic carbocycles. The van der Waals surface area contributed by atoms with Crippen molar-refractivity contribution in [1.29, 1.82) is 0 Å². The number of benzene rings is 1. The zero-order valence-electron chi connectivity index (χ0n) is 13.3. The second-order valence-corrected chi connectivity index (χ2v) is 7.35. The number of hydrogen-bond acceptors (Lipinski definition) is 1. The normalized spacial score (nSPS) is 21.0. The van der Waals surface area contributed by atoms with Gasteiger partial charge in [0, 0.05) is 24.5 Å². The number of halogens is 1. The highest BCUT2D eigenvalue weighted by atomic mass is 35.5. The molecule has 0 atom stereocenters. The van der Waals surface area contributed by atoms with E-state index in [2.05, 4.69) is 17.0 Å². The van der Waals surface area contributed by atoms with Crippen LogP contribution in [0.5, 0.6) is 0 Å². The molecule has 120 valence electrons. The lowest BCUT2D eigenvalue weighted by Crippen LogP contribution is -2.38. The van der Waals surface area contributed by atoms with E-state index in [-0.39, 0.29) is 0 Å². The zero-order valence-corrected chi connectivity index (χ0v) is 14.0. The third-order valence-corrected chi connectivity index (χ3v) is 5.63. The van der Waals surface area contributed by atoms with E-state index in [1.165, 1.54) is 37.7 Å². The van der Waals surface area contributed by atoms with Gasteiger partial charge in [0.1, 0.15) is 0 Å². The largest absolute Gasteiger partial charge is 0.343 e. The molecule has 1 saturated heterocycles. The van der Waals surface area contributed by atoms with E-state index in [0.29, 0.717) is 17.7 Å². The topological polar surface area (TPSA) is 20.3 Å². The molecular weight excluding hydrogens is 294 g/mol. The van der Waals surface area contributed by atoms with E-state index in [9.17, 15) is 4.79 Å². The molecule has 3 heteroatoms. The summed E-state index contributed by atoms with van der Waals surface area (Å²) in [6, 6.07) is 8.20. The quantitative estimate of drug-likeness (QED) is 0.766. The molecule has 1 amide bonds. The summed E-state index contributed by atoms with van der Waals surface area (Å²) in [7, 11) is 0. The molecule has 0 aromatic heterocycles. The van der Waals surface area contributed by atoms with Crippen LogP contribution in [0.1, 0.15) is 62.8 Å². The Morgan fingerprint density at radius 3 is 2.27 bits per heavy atom. The first-order chi connectivity index (χ1) is 10.7. The number of piperidine rings is 1. The summed E-state index contributed by atoms with van der Waals surface area (Å²) in [6.07, 6.45) is 9.45. The third-order valence-electron chi connectivity index (χ3n) is 5.38. The molecule has 1 heterocycles. The van der Waals surface area contributed by atoms with Crippen molar-refractivity contribution < 1.29 is 4.79 Å². The summed E-state index contributed by atoms with van der Waals surface area (Å²) in [4.78, 5) is 14.6. The van der Waals surface area contributed by atoms with Crippen LogP contribution in [0, 0.1) is 5.92 Å². The molecule has 2 aliphatic rings. The molecule has 0 unspecified atom stereocenters. The Labute approximate surface area is 138 Å². The fourth-order valence-electron chi connectivity index (χ4n) is 3.96. The number of carbonyl (C=O) groups is 1. The van der Waals surface area contributed by atoms with Crippen molar-refractivity contribution in [2.24, 2.45) is 5.92 Å². The van der Waals surface area contributed by atoms with Crippen molar-refractivity contribution in [3.8, 4) is 0 Å². The van der Waals surface area contributed by atoms with Gasteiger partial charge >= 0.3 is 0 Å². The monoisotopic (exact) mass is 319 g/mol. The van der Waals surface area contributed by atoms with Gasteiger partial charge in [0.25, 0.3) is 0 Å². The van der Waals surface area contributed by atoms with E-state index in [4.69, 9.17) is 11.6 Å².